The molecule has 0 atom stereocenters. The smallest absolute Gasteiger partial charge is 0.261 e. The van der Waals surface area contributed by atoms with Gasteiger partial charge < -0.3 is 9.64 Å². The summed E-state index contributed by atoms with van der Waals surface area (Å²) in [5.41, 5.74) is 1.24. The van der Waals surface area contributed by atoms with E-state index in [4.69, 9.17) is 4.74 Å². The van der Waals surface area contributed by atoms with Crippen LogP contribution < -0.4 is 4.72 Å². The number of carbonyl (C=O) groups is 1. The molecule has 1 aliphatic heterocycles. The van der Waals surface area contributed by atoms with E-state index in [9.17, 15) is 13.2 Å². The van der Waals surface area contributed by atoms with Crippen LogP contribution in [0.25, 0.3) is 0 Å². The van der Waals surface area contributed by atoms with Gasteiger partial charge in [-0.2, -0.15) is 0 Å². The van der Waals surface area contributed by atoms with Crippen molar-refractivity contribution in [3.05, 3.63) is 59.7 Å². The average Bonchev–Trinajstić information content (AvgIpc) is 2.61. The molecule has 2 aromatic rings. The Morgan fingerprint density at radius 1 is 1.15 bits per heavy atom. The molecule has 1 N–H and O–H groups in total. The van der Waals surface area contributed by atoms with Crippen molar-refractivity contribution in [2.24, 2.45) is 0 Å². The zero-order valence-electron chi connectivity index (χ0n) is 15.7. The molecular weight excluding hydrogens is 364 g/mol. The maximum Gasteiger partial charge on any atom is 0.261 e. The average molecular weight is 388 g/mol. The van der Waals surface area contributed by atoms with Gasteiger partial charge in [0.15, 0.2) is 0 Å². The Kier molecular flexibility index (Phi) is 5.26. The van der Waals surface area contributed by atoms with Crippen molar-refractivity contribution in [1.29, 1.82) is 0 Å². The third-order valence-corrected chi connectivity index (χ3v) is 5.93. The summed E-state index contributed by atoms with van der Waals surface area (Å²) < 4.78 is 33.3. The number of rotatable bonds is 4. The number of hydrogen-bond donors (Lipinski definition) is 1. The minimum atomic E-state index is -3.72. The van der Waals surface area contributed by atoms with Crippen LogP contribution in [0.4, 0.5) is 5.69 Å². The minimum Gasteiger partial charge on any atom is -0.377 e. The van der Waals surface area contributed by atoms with Crippen molar-refractivity contribution >= 4 is 21.6 Å². The van der Waals surface area contributed by atoms with Crippen LogP contribution in [0.3, 0.4) is 0 Å². The molecule has 0 bridgehead atoms. The van der Waals surface area contributed by atoms with E-state index in [2.05, 4.69) is 4.72 Å². The molecule has 3 rings (SSSR count). The molecule has 0 radical (unpaired) electrons. The van der Waals surface area contributed by atoms with E-state index in [1.54, 1.807) is 47.4 Å². The number of morpholine rings is 1. The summed E-state index contributed by atoms with van der Waals surface area (Å²) in [6.45, 7) is 7.21. The van der Waals surface area contributed by atoms with Crippen LogP contribution in [-0.4, -0.2) is 44.5 Å². The molecule has 0 spiro atoms. The van der Waals surface area contributed by atoms with E-state index in [-0.39, 0.29) is 10.8 Å². The molecule has 0 aliphatic carbocycles. The second kappa shape index (κ2) is 7.32. The van der Waals surface area contributed by atoms with E-state index in [0.717, 1.165) is 5.56 Å². The van der Waals surface area contributed by atoms with Crippen molar-refractivity contribution in [3.63, 3.8) is 0 Å². The highest BCUT2D eigenvalue weighted by molar-refractivity contribution is 7.92. The highest BCUT2D eigenvalue weighted by Gasteiger charge is 2.34. The molecule has 0 unspecified atom stereocenters. The van der Waals surface area contributed by atoms with Crippen LogP contribution in [0.2, 0.25) is 0 Å². The zero-order chi connectivity index (χ0) is 19.7. The number of benzene rings is 2. The van der Waals surface area contributed by atoms with Crippen molar-refractivity contribution in [2.45, 2.75) is 31.2 Å². The third-order valence-electron chi connectivity index (χ3n) is 4.55. The maximum atomic E-state index is 12.9. The first-order valence-electron chi connectivity index (χ1n) is 8.78. The van der Waals surface area contributed by atoms with E-state index in [1.807, 2.05) is 26.8 Å². The largest absolute Gasteiger partial charge is 0.377 e. The highest BCUT2D eigenvalue weighted by atomic mass is 32.2. The fourth-order valence-electron chi connectivity index (χ4n) is 3.10. The first-order chi connectivity index (χ1) is 12.7. The number of ether oxygens (including phenoxy) is 1. The van der Waals surface area contributed by atoms with Crippen molar-refractivity contribution < 1.29 is 17.9 Å². The number of nitrogens with one attached hydrogen (secondary N) is 1. The lowest BCUT2D eigenvalue weighted by Gasteiger charge is -2.42. The van der Waals surface area contributed by atoms with Gasteiger partial charge in [-0.05, 0) is 56.7 Å². The quantitative estimate of drug-likeness (QED) is 0.873. The van der Waals surface area contributed by atoms with Gasteiger partial charge in [-0.25, -0.2) is 8.42 Å². The monoisotopic (exact) mass is 388 g/mol. The van der Waals surface area contributed by atoms with Crippen LogP contribution >= 0.6 is 0 Å². The summed E-state index contributed by atoms with van der Waals surface area (Å²) in [6, 6.07) is 13.3. The summed E-state index contributed by atoms with van der Waals surface area (Å²) >= 11 is 0. The van der Waals surface area contributed by atoms with Crippen LogP contribution in [-0.2, 0) is 14.8 Å². The van der Waals surface area contributed by atoms with Gasteiger partial charge in [0.2, 0.25) is 0 Å². The Bertz CT molecular complexity index is 954. The molecule has 1 fully saturated rings. The first kappa shape index (κ1) is 19.4. The molecule has 144 valence electrons. The standard InChI is InChI=1S/C20H24N2O4S/c1-15-6-4-9-18(12-15)27(24,25)21-17-8-5-7-16(13-17)19(23)22-10-11-26-14-20(22,2)3/h4-9,12-13,21H,10-11,14H2,1-3H3. The molecule has 0 saturated carbocycles. The number of amides is 1. The summed E-state index contributed by atoms with van der Waals surface area (Å²) in [5, 5.41) is 0. The molecule has 1 aliphatic rings. The van der Waals surface area contributed by atoms with Crippen molar-refractivity contribution in [3.8, 4) is 0 Å². The molecule has 1 saturated heterocycles. The maximum absolute atomic E-state index is 12.9. The Morgan fingerprint density at radius 3 is 2.59 bits per heavy atom. The van der Waals surface area contributed by atoms with Gasteiger partial charge >= 0.3 is 0 Å². The molecule has 1 heterocycles. The molecular formula is C20H24N2O4S. The van der Waals surface area contributed by atoms with E-state index in [1.165, 1.54) is 0 Å². The highest BCUT2D eigenvalue weighted by Crippen LogP contribution is 2.24. The Labute approximate surface area is 160 Å². The summed E-state index contributed by atoms with van der Waals surface area (Å²) in [7, 11) is -3.72. The molecule has 7 heteroatoms. The lowest BCUT2D eigenvalue weighted by molar-refractivity contribution is -0.0370. The van der Waals surface area contributed by atoms with Crippen molar-refractivity contribution in [2.75, 3.05) is 24.5 Å². The topological polar surface area (TPSA) is 75.7 Å². The normalized spacial score (nSPS) is 16.8. The summed E-state index contributed by atoms with van der Waals surface area (Å²) in [5.74, 6) is -0.139. The summed E-state index contributed by atoms with van der Waals surface area (Å²) in [4.78, 5) is 14.9. The molecule has 27 heavy (non-hydrogen) atoms. The predicted octanol–water partition coefficient (Wildman–Crippen LogP) is 3.05. The minimum absolute atomic E-state index is 0.139. The lowest BCUT2D eigenvalue weighted by Crippen LogP contribution is -2.55. The number of nitrogens with zero attached hydrogens (tertiary/aromatic N) is 1. The van der Waals surface area contributed by atoms with E-state index < -0.39 is 15.6 Å². The number of sulfonamides is 1. The fourth-order valence-corrected chi connectivity index (χ4v) is 4.26. The molecule has 6 nitrogen and oxygen atoms in total. The summed E-state index contributed by atoms with van der Waals surface area (Å²) in [6.07, 6.45) is 0. The SMILES string of the molecule is Cc1cccc(S(=O)(=O)Nc2cccc(C(=O)N3CCOCC3(C)C)c2)c1. The van der Waals surface area contributed by atoms with E-state index in [0.29, 0.717) is 31.0 Å². The molecule has 2 aromatic carbocycles. The van der Waals surface area contributed by atoms with Crippen LogP contribution in [0, 0.1) is 6.92 Å². The number of anilines is 1. The number of carbonyl (C=O) groups excluding carboxylic acids is 1. The second-order valence-electron chi connectivity index (χ2n) is 7.32. The van der Waals surface area contributed by atoms with Gasteiger partial charge in [0.05, 0.1) is 23.6 Å². The van der Waals surface area contributed by atoms with Gasteiger partial charge in [-0.1, -0.05) is 18.2 Å². The van der Waals surface area contributed by atoms with Gasteiger partial charge in [0, 0.05) is 17.8 Å². The fraction of sp³-hybridized carbons (Fsp3) is 0.350. The van der Waals surface area contributed by atoms with Crippen molar-refractivity contribution in [1.82, 2.24) is 4.90 Å². The molecule has 0 aromatic heterocycles. The third kappa shape index (κ3) is 4.31. The Hall–Kier alpha value is -2.38. The first-order valence-corrected chi connectivity index (χ1v) is 10.3. The Balaban J connectivity index is 1.84. The lowest BCUT2D eigenvalue weighted by atomic mass is 10.0. The van der Waals surface area contributed by atoms with Gasteiger partial charge in [-0.15, -0.1) is 0 Å². The van der Waals surface area contributed by atoms with Crippen LogP contribution in [0.1, 0.15) is 29.8 Å². The van der Waals surface area contributed by atoms with Gasteiger partial charge in [0.25, 0.3) is 15.9 Å². The van der Waals surface area contributed by atoms with E-state index >= 15 is 0 Å². The predicted molar refractivity (Wildman–Crippen MR) is 104 cm³/mol. The van der Waals surface area contributed by atoms with Gasteiger partial charge in [-0.3, -0.25) is 9.52 Å². The van der Waals surface area contributed by atoms with Crippen LogP contribution in [0.5, 0.6) is 0 Å². The Morgan fingerprint density at radius 2 is 1.89 bits per heavy atom. The zero-order valence-corrected chi connectivity index (χ0v) is 16.5. The van der Waals surface area contributed by atoms with Crippen LogP contribution in [0.15, 0.2) is 53.4 Å². The number of aryl methyl sites for hydroxylation is 1. The van der Waals surface area contributed by atoms with Gasteiger partial charge in [0.1, 0.15) is 0 Å². The number of hydrogen-bond acceptors (Lipinski definition) is 4. The second-order valence-corrected chi connectivity index (χ2v) is 9.01. The molecule has 1 amide bonds.